The summed E-state index contributed by atoms with van der Waals surface area (Å²) in [7, 11) is 0. The van der Waals surface area contributed by atoms with E-state index in [4.69, 9.17) is 0 Å². The Balaban J connectivity index is 2.00. The molecule has 0 atom stereocenters. The van der Waals surface area contributed by atoms with E-state index in [1.165, 1.54) is 12.1 Å². The van der Waals surface area contributed by atoms with Gasteiger partial charge in [0.05, 0.1) is 0 Å². The molecule has 5 heteroatoms. The van der Waals surface area contributed by atoms with E-state index in [1.54, 1.807) is 0 Å². The third-order valence-corrected chi connectivity index (χ3v) is 3.15. The molecule has 0 amide bonds. The van der Waals surface area contributed by atoms with E-state index in [0.717, 1.165) is 32.2 Å². The number of nitrogens with zero attached hydrogens (tertiary/aromatic N) is 2. The first-order valence-corrected chi connectivity index (χ1v) is 5.65. The van der Waals surface area contributed by atoms with Crippen molar-refractivity contribution in [1.29, 1.82) is 0 Å². The molecule has 0 N–H and O–H groups in total. The van der Waals surface area contributed by atoms with Crippen LogP contribution in [0.2, 0.25) is 0 Å². The first-order valence-electron chi connectivity index (χ1n) is 5.25. The van der Waals surface area contributed by atoms with Gasteiger partial charge in [0.25, 0.3) is 0 Å². The van der Waals surface area contributed by atoms with Crippen LogP contribution in [0.3, 0.4) is 0 Å². The number of piperazine rings is 1. The predicted octanol–water partition coefficient (Wildman–Crippen LogP) is 1.93. The van der Waals surface area contributed by atoms with Crippen LogP contribution in [0, 0.1) is 11.6 Å². The maximum atomic E-state index is 13.4. The lowest BCUT2D eigenvalue weighted by Crippen LogP contribution is -2.42. The number of thiol groups is 1. The van der Waals surface area contributed by atoms with Gasteiger partial charge < -0.3 is 0 Å². The van der Waals surface area contributed by atoms with Crippen LogP contribution in [0.15, 0.2) is 18.2 Å². The van der Waals surface area contributed by atoms with Crippen LogP contribution in [0.5, 0.6) is 0 Å². The minimum absolute atomic E-state index is 0.338. The Labute approximate surface area is 99.4 Å². The summed E-state index contributed by atoms with van der Waals surface area (Å²) in [5.74, 6) is -0.723. The van der Waals surface area contributed by atoms with Crippen molar-refractivity contribution >= 4 is 12.8 Å². The number of halogens is 2. The van der Waals surface area contributed by atoms with Gasteiger partial charge in [-0.3, -0.25) is 9.21 Å². The molecule has 2 rings (SSSR count). The molecule has 16 heavy (non-hydrogen) atoms. The molecule has 0 radical (unpaired) electrons. The molecule has 1 aliphatic rings. The van der Waals surface area contributed by atoms with Gasteiger partial charge in [-0.05, 0) is 18.2 Å². The normalized spacial score (nSPS) is 18.9. The molecule has 1 saturated heterocycles. The van der Waals surface area contributed by atoms with E-state index in [-0.39, 0.29) is 11.6 Å². The Bertz CT molecular complexity index is 365. The van der Waals surface area contributed by atoms with Crippen LogP contribution in [0.4, 0.5) is 8.78 Å². The molecule has 0 saturated carbocycles. The average molecular weight is 244 g/mol. The Morgan fingerprint density at radius 1 is 1.12 bits per heavy atom. The van der Waals surface area contributed by atoms with Crippen LogP contribution in [0.1, 0.15) is 5.56 Å². The minimum atomic E-state index is -0.385. The monoisotopic (exact) mass is 244 g/mol. The maximum absolute atomic E-state index is 13.4. The molecular formula is C11H14F2N2S. The van der Waals surface area contributed by atoms with Gasteiger partial charge in [0.1, 0.15) is 11.6 Å². The SMILES string of the molecule is Fc1ccc(F)c(CN2CCN(S)CC2)c1. The van der Waals surface area contributed by atoms with Crippen molar-refractivity contribution in [3.8, 4) is 0 Å². The molecule has 1 aromatic rings. The van der Waals surface area contributed by atoms with Crippen molar-refractivity contribution < 1.29 is 8.78 Å². The van der Waals surface area contributed by atoms with E-state index in [1.807, 2.05) is 4.31 Å². The lowest BCUT2D eigenvalue weighted by Gasteiger charge is -2.31. The summed E-state index contributed by atoms with van der Waals surface area (Å²) >= 11 is 4.24. The molecule has 0 bridgehead atoms. The number of benzene rings is 1. The molecule has 0 spiro atoms. The minimum Gasteiger partial charge on any atom is -0.296 e. The van der Waals surface area contributed by atoms with Gasteiger partial charge in [0, 0.05) is 38.3 Å². The summed E-state index contributed by atoms with van der Waals surface area (Å²) in [5, 5.41) is 0. The van der Waals surface area contributed by atoms with Gasteiger partial charge in [0.15, 0.2) is 0 Å². The summed E-state index contributed by atoms with van der Waals surface area (Å²) in [4.78, 5) is 2.10. The molecule has 1 fully saturated rings. The van der Waals surface area contributed by atoms with Crippen LogP contribution < -0.4 is 0 Å². The van der Waals surface area contributed by atoms with Gasteiger partial charge >= 0.3 is 0 Å². The Morgan fingerprint density at radius 2 is 1.81 bits per heavy atom. The topological polar surface area (TPSA) is 6.48 Å². The van der Waals surface area contributed by atoms with E-state index in [9.17, 15) is 8.78 Å². The molecule has 2 nitrogen and oxygen atoms in total. The highest BCUT2D eigenvalue weighted by Gasteiger charge is 2.16. The Kier molecular flexibility index (Phi) is 3.78. The van der Waals surface area contributed by atoms with Crippen LogP contribution in [-0.2, 0) is 6.54 Å². The molecule has 0 aliphatic carbocycles. The van der Waals surface area contributed by atoms with E-state index in [2.05, 4.69) is 17.7 Å². The molecule has 1 heterocycles. The lowest BCUT2D eigenvalue weighted by atomic mass is 10.2. The standard InChI is InChI=1S/C11H14F2N2S/c12-10-1-2-11(13)9(7-10)8-14-3-5-15(16)6-4-14/h1-2,7,16H,3-6,8H2. The quantitative estimate of drug-likeness (QED) is 0.794. The summed E-state index contributed by atoms with van der Waals surface area (Å²) in [6.07, 6.45) is 0. The predicted molar refractivity (Wildman–Crippen MR) is 62.2 cm³/mol. The van der Waals surface area contributed by atoms with Crippen molar-refractivity contribution in [2.75, 3.05) is 26.2 Å². The third-order valence-electron chi connectivity index (χ3n) is 2.75. The van der Waals surface area contributed by atoms with Gasteiger partial charge in [-0.1, -0.05) is 12.8 Å². The molecule has 1 aromatic carbocycles. The fraction of sp³-hybridized carbons (Fsp3) is 0.455. The van der Waals surface area contributed by atoms with Gasteiger partial charge in [-0.15, -0.1) is 0 Å². The van der Waals surface area contributed by atoms with Crippen molar-refractivity contribution in [3.63, 3.8) is 0 Å². The summed E-state index contributed by atoms with van der Waals surface area (Å²) in [6.45, 7) is 3.82. The summed E-state index contributed by atoms with van der Waals surface area (Å²) in [5.41, 5.74) is 0.424. The van der Waals surface area contributed by atoms with E-state index < -0.39 is 0 Å². The fourth-order valence-corrected chi connectivity index (χ4v) is 1.98. The zero-order valence-corrected chi connectivity index (χ0v) is 9.76. The fourth-order valence-electron chi connectivity index (χ4n) is 1.80. The number of hydrogen-bond acceptors (Lipinski definition) is 3. The largest absolute Gasteiger partial charge is 0.296 e. The second-order valence-electron chi connectivity index (χ2n) is 3.97. The molecule has 0 aromatic heterocycles. The van der Waals surface area contributed by atoms with Crippen molar-refractivity contribution in [1.82, 2.24) is 9.21 Å². The summed E-state index contributed by atoms with van der Waals surface area (Å²) in [6, 6.07) is 3.59. The number of hydrogen-bond donors (Lipinski definition) is 1. The zero-order valence-electron chi connectivity index (χ0n) is 8.87. The second-order valence-corrected chi connectivity index (χ2v) is 4.53. The van der Waals surface area contributed by atoms with Gasteiger partial charge in [0.2, 0.25) is 0 Å². The van der Waals surface area contributed by atoms with Gasteiger partial charge in [-0.25, -0.2) is 8.78 Å². The molecule has 0 unspecified atom stereocenters. The van der Waals surface area contributed by atoms with Crippen LogP contribution in [0.25, 0.3) is 0 Å². The van der Waals surface area contributed by atoms with Crippen molar-refractivity contribution in [3.05, 3.63) is 35.4 Å². The molecular weight excluding hydrogens is 230 g/mol. The van der Waals surface area contributed by atoms with E-state index in [0.29, 0.717) is 12.1 Å². The third kappa shape index (κ3) is 2.93. The first-order chi connectivity index (χ1) is 7.65. The summed E-state index contributed by atoms with van der Waals surface area (Å²) < 4.78 is 28.3. The maximum Gasteiger partial charge on any atom is 0.127 e. The molecule has 1 aliphatic heterocycles. The van der Waals surface area contributed by atoms with Crippen molar-refractivity contribution in [2.45, 2.75) is 6.54 Å². The smallest absolute Gasteiger partial charge is 0.127 e. The average Bonchev–Trinajstić information content (AvgIpc) is 2.27. The van der Waals surface area contributed by atoms with Crippen LogP contribution in [-0.4, -0.2) is 35.4 Å². The second kappa shape index (κ2) is 5.12. The van der Waals surface area contributed by atoms with Crippen molar-refractivity contribution in [2.24, 2.45) is 0 Å². The highest BCUT2D eigenvalue weighted by molar-refractivity contribution is 7.77. The first kappa shape index (κ1) is 11.8. The Hall–Kier alpha value is -0.650. The van der Waals surface area contributed by atoms with E-state index >= 15 is 0 Å². The molecule has 88 valence electrons. The number of rotatable bonds is 2. The lowest BCUT2D eigenvalue weighted by molar-refractivity contribution is 0.188. The highest BCUT2D eigenvalue weighted by Crippen LogP contribution is 2.14. The Morgan fingerprint density at radius 3 is 2.50 bits per heavy atom. The van der Waals surface area contributed by atoms with Crippen LogP contribution >= 0.6 is 12.8 Å². The van der Waals surface area contributed by atoms with Gasteiger partial charge in [-0.2, -0.15) is 0 Å². The zero-order chi connectivity index (χ0) is 11.5. The highest BCUT2D eigenvalue weighted by atomic mass is 32.1.